The minimum absolute atomic E-state index is 0.0697. The maximum atomic E-state index is 12.2. The lowest BCUT2D eigenvalue weighted by atomic mass is 10.0. The van der Waals surface area contributed by atoms with E-state index in [1.54, 1.807) is 0 Å². The van der Waals surface area contributed by atoms with E-state index in [0.717, 1.165) is 22.4 Å². The van der Waals surface area contributed by atoms with Crippen LogP contribution in [0.4, 0.5) is 5.69 Å². The van der Waals surface area contributed by atoms with E-state index in [2.05, 4.69) is 0 Å². The van der Waals surface area contributed by atoms with Crippen molar-refractivity contribution in [3.63, 3.8) is 0 Å². The van der Waals surface area contributed by atoms with Gasteiger partial charge in [0.05, 0.1) is 0 Å². The fourth-order valence-electron chi connectivity index (χ4n) is 1.78. The van der Waals surface area contributed by atoms with E-state index in [9.17, 15) is 4.79 Å². The van der Waals surface area contributed by atoms with E-state index >= 15 is 0 Å². The Labute approximate surface area is 135 Å². The van der Waals surface area contributed by atoms with Gasteiger partial charge in [-0.25, -0.2) is 0 Å². The molecule has 0 aliphatic heterocycles. The summed E-state index contributed by atoms with van der Waals surface area (Å²) in [4.78, 5) is 14.2. The largest absolute Gasteiger partial charge is 0.378 e. The highest BCUT2D eigenvalue weighted by Crippen LogP contribution is 2.15. The van der Waals surface area contributed by atoms with E-state index in [-0.39, 0.29) is 5.78 Å². The van der Waals surface area contributed by atoms with Crippen molar-refractivity contribution >= 4 is 11.5 Å². The van der Waals surface area contributed by atoms with Crippen LogP contribution in [-0.4, -0.2) is 19.9 Å². The lowest BCUT2D eigenvalue weighted by Crippen LogP contribution is -2.09. The van der Waals surface area contributed by atoms with Gasteiger partial charge in [-0.05, 0) is 31.2 Å². The molecule has 0 aromatic heterocycles. The zero-order chi connectivity index (χ0) is 17.1. The Bertz CT molecular complexity index is 539. The van der Waals surface area contributed by atoms with Gasteiger partial charge in [0.15, 0.2) is 5.78 Å². The van der Waals surface area contributed by atoms with Crippen molar-refractivity contribution in [2.75, 3.05) is 19.0 Å². The maximum Gasteiger partial charge on any atom is 0.193 e. The van der Waals surface area contributed by atoms with Crippen LogP contribution >= 0.6 is 0 Å². The molecule has 0 radical (unpaired) electrons. The van der Waals surface area contributed by atoms with Crippen LogP contribution in [-0.2, 0) is 0 Å². The average molecular weight is 299 g/mol. The fourth-order valence-corrected chi connectivity index (χ4v) is 1.78. The van der Waals surface area contributed by atoms with Crippen molar-refractivity contribution in [3.05, 3.63) is 65.2 Å². The average Bonchev–Trinajstić information content (AvgIpc) is 2.58. The van der Waals surface area contributed by atoms with Gasteiger partial charge in [0.25, 0.3) is 0 Å². The number of carbonyl (C=O) groups is 1. The molecule has 0 N–H and O–H groups in total. The summed E-state index contributed by atoms with van der Waals surface area (Å²) in [5.41, 5.74) is 3.72. The molecule has 2 nitrogen and oxygen atoms in total. The molecule has 0 aliphatic carbocycles. The molecule has 2 aromatic carbocycles. The first-order valence-electron chi connectivity index (χ1n) is 7.96. The molecule has 0 unspecified atom stereocenters. The second kappa shape index (κ2) is 10.6. The summed E-state index contributed by atoms with van der Waals surface area (Å²) in [6, 6.07) is 15.3. The third-order valence-corrected chi connectivity index (χ3v) is 2.96. The van der Waals surface area contributed by atoms with E-state index in [1.807, 2.05) is 102 Å². The fraction of sp³-hybridized carbons (Fsp3) is 0.350. The second-order valence-electron chi connectivity index (χ2n) is 4.64. The molecule has 0 saturated heterocycles. The first-order chi connectivity index (χ1) is 10.6. The van der Waals surface area contributed by atoms with Crippen LogP contribution in [0.25, 0.3) is 0 Å². The van der Waals surface area contributed by atoms with Crippen LogP contribution < -0.4 is 4.90 Å². The zero-order valence-corrected chi connectivity index (χ0v) is 15.0. The Hall–Kier alpha value is -2.09. The highest BCUT2D eigenvalue weighted by molar-refractivity contribution is 6.09. The zero-order valence-electron chi connectivity index (χ0n) is 15.0. The Morgan fingerprint density at radius 3 is 1.45 bits per heavy atom. The number of benzene rings is 2. The van der Waals surface area contributed by atoms with Gasteiger partial charge in [0, 0.05) is 30.9 Å². The molecule has 0 heterocycles. The smallest absolute Gasteiger partial charge is 0.193 e. The number of carbonyl (C=O) groups excluding carboxylic acids is 1. The second-order valence-corrected chi connectivity index (χ2v) is 4.64. The summed E-state index contributed by atoms with van der Waals surface area (Å²) in [6.07, 6.45) is 0. The normalized spacial score (nSPS) is 8.86. The van der Waals surface area contributed by atoms with Crippen LogP contribution in [0.1, 0.15) is 49.2 Å². The molecule has 0 fully saturated rings. The first kappa shape index (κ1) is 19.9. The summed E-state index contributed by atoms with van der Waals surface area (Å²) in [5.74, 6) is 0.0697. The minimum Gasteiger partial charge on any atom is -0.378 e. The topological polar surface area (TPSA) is 20.3 Å². The number of anilines is 1. The highest BCUT2D eigenvalue weighted by Gasteiger charge is 2.08. The molecule has 0 saturated carbocycles. The molecule has 0 amide bonds. The number of nitrogens with zero attached hydrogens (tertiary/aromatic N) is 1. The van der Waals surface area contributed by atoms with Crippen LogP contribution in [0, 0.1) is 6.92 Å². The molecule has 0 aliphatic rings. The van der Waals surface area contributed by atoms with Gasteiger partial charge in [-0.15, -0.1) is 0 Å². The molecule has 2 heteroatoms. The van der Waals surface area contributed by atoms with Crippen LogP contribution in [0.2, 0.25) is 0 Å². The highest BCUT2D eigenvalue weighted by atomic mass is 16.1. The SMILES string of the molecule is CC.CC.Cc1ccc(C(=O)c2ccc(N(C)C)cc2)cc1. The molecular formula is C20H29NO. The minimum atomic E-state index is 0.0697. The Kier molecular flexibility index (Phi) is 9.60. The van der Waals surface area contributed by atoms with E-state index in [1.165, 1.54) is 0 Å². The standard InChI is InChI=1S/C16H17NO.2C2H6/c1-12-4-6-13(7-5-12)16(18)14-8-10-15(11-9-14)17(2)3;2*1-2/h4-11H,1-3H3;2*1-2H3. The Morgan fingerprint density at radius 1 is 0.727 bits per heavy atom. The van der Waals surface area contributed by atoms with Gasteiger partial charge in [-0.1, -0.05) is 57.5 Å². The molecule has 0 bridgehead atoms. The van der Waals surface area contributed by atoms with E-state index < -0.39 is 0 Å². The molecular weight excluding hydrogens is 270 g/mol. The van der Waals surface area contributed by atoms with Crippen LogP contribution in [0.15, 0.2) is 48.5 Å². The summed E-state index contributed by atoms with van der Waals surface area (Å²) < 4.78 is 0. The van der Waals surface area contributed by atoms with Crippen molar-refractivity contribution < 1.29 is 4.79 Å². The predicted octanol–water partition coefficient (Wildman–Crippen LogP) is 5.34. The van der Waals surface area contributed by atoms with Gasteiger partial charge in [-0.2, -0.15) is 0 Å². The Balaban J connectivity index is 0.00000102. The monoisotopic (exact) mass is 299 g/mol. The van der Waals surface area contributed by atoms with Gasteiger partial charge in [0.1, 0.15) is 0 Å². The molecule has 2 rings (SSSR count). The summed E-state index contributed by atoms with van der Waals surface area (Å²) in [6.45, 7) is 10.0. The van der Waals surface area contributed by atoms with Gasteiger partial charge in [0.2, 0.25) is 0 Å². The van der Waals surface area contributed by atoms with Crippen LogP contribution in [0.5, 0.6) is 0 Å². The van der Waals surface area contributed by atoms with Crippen molar-refractivity contribution in [2.24, 2.45) is 0 Å². The van der Waals surface area contributed by atoms with Crippen molar-refractivity contribution in [1.82, 2.24) is 0 Å². The molecule has 0 spiro atoms. The number of hydrogen-bond donors (Lipinski definition) is 0. The van der Waals surface area contributed by atoms with Crippen molar-refractivity contribution in [1.29, 1.82) is 0 Å². The van der Waals surface area contributed by atoms with Gasteiger partial charge in [-0.3, -0.25) is 4.79 Å². The number of aryl methyl sites for hydroxylation is 1. The van der Waals surface area contributed by atoms with Gasteiger partial charge < -0.3 is 4.90 Å². The molecule has 22 heavy (non-hydrogen) atoms. The maximum absolute atomic E-state index is 12.2. The third kappa shape index (κ3) is 5.72. The Morgan fingerprint density at radius 2 is 1.09 bits per heavy atom. The summed E-state index contributed by atoms with van der Waals surface area (Å²) in [5, 5.41) is 0. The molecule has 2 aromatic rings. The summed E-state index contributed by atoms with van der Waals surface area (Å²) in [7, 11) is 3.97. The number of rotatable bonds is 3. The molecule has 0 atom stereocenters. The van der Waals surface area contributed by atoms with E-state index in [4.69, 9.17) is 0 Å². The summed E-state index contributed by atoms with van der Waals surface area (Å²) >= 11 is 0. The lowest BCUT2D eigenvalue weighted by molar-refractivity contribution is 0.103. The first-order valence-corrected chi connectivity index (χ1v) is 7.96. The van der Waals surface area contributed by atoms with E-state index in [0.29, 0.717) is 0 Å². The van der Waals surface area contributed by atoms with Crippen molar-refractivity contribution in [2.45, 2.75) is 34.6 Å². The predicted molar refractivity (Wildman–Crippen MR) is 98.1 cm³/mol. The van der Waals surface area contributed by atoms with Crippen LogP contribution in [0.3, 0.4) is 0 Å². The third-order valence-electron chi connectivity index (χ3n) is 2.96. The quantitative estimate of drug-likeness (QED) is 0.713. The van der Waals surface area contributed by atoms with Crippen molar-refractivity contribution in [3.8, 4) is 0 Å². The number of ketones is 1. The molecule has 120 valence electrons. The number of hydrogen-bond acceptors (Lipinski definition) is 2. The van der Waals surface area contributed by atoms with Gasteiger partial charge >= 0.3 is 0 Å². The lowest BCUT2D eigenvalue weighted by Gasteiger charge is -2.12.